The van der Waals surface area contributed by atoms with Gasteiger partial charge in [0, 0.05) is 18.9 Å². The largest absolute Gasteiger partial charge is 0.502 e. The molecule has 0 bridgehead atoms. The van der Waals surface area contributed by atoms with Gasteiger partial charge in [-0.25, -0.2) is 5.43 Å². The molecule has 1 aromatic rings. The molecule has 23 heavy (non-hydrogen) atoms. The second-order valence-electron chi connectivity index (χ2n) is 4.75. The standard InChI is InChI=1S/C14H17N3O6/c18-12-8-10(6-7-11(12)17(22)23)9-15-16-13(19)4-2-1-3-5-14(20)21/h6-9,18H,1-5H2,(H,16,19)(H,20,21)/b15-9+. The third-order valence-electron chi connectivity index (χ3n) is 2.89. The van der Waals surface area contributed by atoms with E-state index < -0.39 is 22.3 Å². The number of nitro benzene ring substituents is 1. The Hall–Kier alpha value is -2.97. The van der Waals surface area contributed by atoms with Gasteiger partial charge in [0.2, 0.25) is 5.91 Å². The molecule has 0 aliphatic heterocycles. The summed E-state index contributed by atoms with van der Waals surface area (Å²) >= 11 is 0. The van der Waals surface area contributed by atoms with Gasteiger partial charge in [-0.05, 0) is 30.5 Å². The lowest BCUT2D eigenvalue weighted by molar-refractivity contribution is -0.385. The summed E-state index contributed by atoms with van der Waals surface area (Å²) < 4.78 is 0. The van der Waals surface area contributed by atoms with Crippen molar-refractivity contribution in [3.8, 4) is 5.75 Å². The zero-order valence-corrected chi connectivity index (χ0v) is 12.3. The van der Waals surface area contributed by atoms with Crippen LogP contribution < -0.4 is 5.43 Å². The molecule has 3 N–H and O–H groups in total. The van der Waals surface area contributed by atoms with E-state index >= 15 is 0 Å². The fourth-order valence-electron chi connectivity index (χ4n) is 1.75. The number of aromatic hydroxyl groups is 1. The van der Waals surface area contributed by atoms with Crippen molar-refractivity contribution < 1.29 is 24.7 Å². The van der Waals surface area contributed by atoms with Gasteiger partial charge in [0.05, 0.1) is 11.1 Å². The highest BCUT2D eigenvalue weighted by molar-refractivity contribution is 5.83. The van der Waals surface area contributed by atoms with Crippen LogP contribution in [0, 0.1) is 10.1 Å². The van der Waals surface area contributed by atoms with Crippen LogP contribution in [0.3, 0.4) is 0 Å². The maximum atomic E-state index is 11.5. The molecule has 0 aliphatic carbocycles. The van der Waals surface area contributed by atoms with E-state index in [2.05, 4.69) is 10.5 Å². The molecule has 0 atom stereocenters. The van der Waals surface area contributed by atoms with Crippen LogP contribution in [-0.2, 0) is 9.59 Å². The topological polar surface area (TPSA) is 142 Å². The van der Waals surface area contributed by atoms with Crippen molar-refractivity contribution in [3.63, 3.8) is 0 Å². The number of carboxylic acid groups (broad SMARTS) is 1. The number of amides is 1. The first-order chi connectivity index (χ1) is 10.9. The van der Waals surface area contributed by atoms with Crippen LogP contribution in [-0.4, -0.2) is 33.2 Å². The maximum absolute atomic E-state index is 11.5. The van der Waals surface area contributed by atoms with Crippen molar-refractivity contribution in [2.45, 2.75) is 32.1 Å². The van der Waals surface area contributed by atoms with E-state index in [1.807, 2.05) is 0 Å². The quantitative estimate of drug-likeness (QED) is 0.274. The van der Waals surface area contributed by atoms with Crippen molar-refractivity contribution in [2.75, 3.05) is 0 Å². The summed E-state index contributed by atoms with van der Waals surface area (Å²) in [4.78, 5) is 31.6. The summed E-state index contributed by atoms with van der Waals surface area (Å²) in [5.41, 5.74) is 2.27. The zero-order chi connectivity index (χ0) is 17.2. The first-order valence-corrected chi connectivity index (χ1v) is 6.91. The van der Waals surface area contributed by atoms with Gasteiger partial charge in [-0.2, -0.15) is 5.10 Å². The molecule has 1 aromatic carbocycles. The summed E-state index contributed by atoms with van der Waals surface area (Å²) in [7, 11) is 0. The number of hydrazone groups is 1. The third-order valence-corrected chi connectivity index (χ3v) is 2.89. The minimum atomic E-state index is -0.856. The summed E-state index contributed by atoms with van der Waals surface area (Å²) in [6.07, 6.45) is 3.29. The van der Waals surface area contributed by atoms with Crippen molar-refractivity contribution in [2.24, 2.45) is 5.10 Å². The van der Waals surface area contributed by atoms with Crippen LogP contribution in [0.5, 0.6) is 5.75 Å². The molecule has 0 aliphatic rings. The molecular weight excluding hydrogens is 306 g/mol. The molecule has 1 rings (SSSR count). The Balaban J connectivity index is 2.35. The third kappa shape index (κ3) is 7.02. The second-order valence-corrected chi connectivity index (χ2v) is 4.75. The van der Waals surface area contributed by atoms with Gasteiger partial charge in [-0.15, -0.1) is 0 Å². The van der Waals surface area contributed by atoms with Crippen LogP contribution >= 0.6 is 0 Å². The SMILES string of the molecule is O=C(O)CCCCCC(=O)N/N=C/c1ccc([N+](=O)[O-])c(O)c1. The molecule has 1 amide bonds. The highest BCUT2D eigenvalue weighted by Crippen LogP contribution is 2.25. The predicted octanol–water partition coefficient (Wildman–Crippen LogP) is 1.79. The van der Waals surface area contributed by atoms with Crippen molar-refractivity contribution in [1.29, 1.82) is 0 Å². The highest BCUT2D eigenvalue weighted by atomic mass is 16.6. The number of hydrogen-bond acceptors (Lipinski definition) is 6. The van der Waals surface area contributed by atoms with Gasteiger partial charge >= 0.3 is 11.7 Å². The van der Waals surface area contributed by atoms with Crippen LogP contribution in [0.25, 0.3) is 0 Å². The Labute approximate surface area is 131 Å². The highest BCUT2D eigenvalue weighted by Gasteiger charge is 2.12. The fraction of sp³-hybridized carbons (Fsp3) is 0.357. The molecule has 0 heterocycles. The van der Waals surface area contributed by atoms with E-state index in [-0.39, 0.29) is 18.7 Å². The molecule has 0 saturated carbocycles. The first-order valence-electron chi connectivity index (χ1n) is 6.91. The summed E-state index contributed by atoms with van der Waals surface area (Å²) in [5, 5.41) is 32.1. The van der Waals surface area contributed by atoms with E-state index in [0.717, 1.165) is 6.07 Å². The predicted molar refractivity (Wildman–Crippen MR) is 81.2 cm³/mol. The molecule has 0 spiro atoms. The van der Waals surface area contributed by atoms with Gasteiger partial charge in [0.15, 0.2) is 5.75 Å². The molecule has 0 radical (unpaired) electrons. The van der Waals surface area contributed by atoms with E-state index in [0.29, 0.717) is 24.8 Å². The average Bonchev–Trinajstić information content (AvgIpc) is 2.46. The lowest BCUT2D eigenvalue weighted by Crippen LogP contribution is -2.16. The Morgan fingerprint density at radius 1 is 1.26 bits per heavy atom. The Morgan fingerprint density at radius 2 is 1.96 bits per heavy atom. The Kier molecular flexibility index (Phi) is 7.18. The van der Waals surface area contributed by atoms with E-state index in [4.69, 9.17) is 5.11 Å². The van der Waals surface area contributed by atoms with Crippen LogP contribution in [0.2, 0.25) is 0 Å². The molecule has 0 saturated heterocycles. The zero-order valence-electron chi connectivity index (χ0n) is 12.3. The molecule has 9 heteroatoms. The van der Waals surface area contributed by atoms with Gasteiger partial charge in [-0.1, -0.05) is 6.42 Å². The number of rotatable bonds is 9. The van der Waals surface area contributed by atoms with Crippen LogP contribution in [0.1, 0.15) is 37.7 Å². The van der Waals surface area contributed by atoms with Crippen molar-refractivity contribution >= 4 is 23.8 Å². The monoisotopic (exact) mass is 323 g/mol. The number of benzene rings is 1. The number of carboxylic acids is 1. The Bertz CT molecular complexity index is 615. The van der Waals surface area contributed by atoms with E-state index in [9.17, 15) is 24.8 Å². The fourth-order valence-corrected chi connectivity index (χ4v) is 1.75. The van der Waals surface area contributed by atoms with Crippen LogP contribution in [0.4, 0.5) is 5.69 Å². The lowest BCUT2D eigenvalue weighted by Gasteiger charge is -2.00. The number of nitro groups is 1. The van der Waals surface area contributed by atoms with E-state index in [1.54, 1.807) is 0 Å². The summed E-state index contributed by atoms with van der Waals surface area (Å²) in [5.74, 6) is -1.66. The summed E-state index contributed by atoms with van der Waals surface area (Å²) in [6, 6.07) is 3.69. The van der Waals surface area contributed by atoms with Gasteiger partial charge in [0.1, 0.15) is 0 Å². The number of phenolic OH excluding ortho intramolecular Hbond substituents is 1. The molecule has 0 fully saturated rings. The molecular formula is C14H17N3O6. The molecule has 9 nitrogen and oxygen atoms in total. The molecule has 0 aromatic heterocycles. The Morgan fingerprint density at radius 3 is 2.57 bits per heavy atom. The van der Waals surface area contributed by atoms with Gasteiger partial charge in [-0.3, -0.25) is 19.7 Å². The number of unbranched alkanes of at least 4 members (excludes halogenated alkanes) is 2. The first kappa shape index (κ1) is 18.1. The number of nitrogens with zero attached hydrogens (tertiary/aromatic N) is 2. The van der Waals surface area contributed by atoms with Crippen LogP contribution in [0.15, 0.2) is 23.3 Å². The summed E-state index contributed by atoms with van der Waals surface area (Å²) in [6.45, 7) is 0. The number of aliphatic carboxylic acids is 1. The van der Waals surface area contributed by atoms with Gasteiger partial charge < -0.3 is 10.2 Å². The minimum Gasteiger partial charge on any atom is -0.502 e. The van der Waals surface area contributed by atoms with Crippen molar-refractivity contribution in [3.05, 3.63) is 33.9 Å². The van der Waals surface area contributed by atoms with Crippen molar-refractivity contribution in [1.82, 2.24) is 5.43 Å². The number of carbonyl (C=O) groups is 2. The molecule has 0 unspecified atom stereocenters. The number of hydrogen-bond donors (Lipinski definition) is 3. The van der Waals surface area contributed by atoms with E-state index in [1.165, 1.54) is 18.3 Å². The number of nitrogens with one attached hydrogen (secondary N) is 1. The van der Waals surface area contributed by atoms with Gasteiger partial charge in [0.25, 0.3) is 0 Å². The molecule has 124 valence electrons. The number of phenols is 1. The smallest absolute Gasteiger partial charge is 0.310 e. The second kappa shape index (κ2) is 9.13. The number of carbonyl (C=O) groups excluding carboxylic acids is 1. The average molecular weight is 323 g/mol. The minimum absolute atomic E-state index is 0.0867. The lowest BCUT2D eigenvalue weighted by atomic mass is 10.1. The maximum Gasteiger partial charge on any atom is 0.310 e. The normalized spacial score (nSPS) is 10.6.